The summed E-state index contributed by atoms with van der Waals surface area (Å²) in [6.07, 6.45) is 3.58. The standard InChI is InChI=1S/C11H18N4/c1-3-14-11(12)15(4-2)9-10-5-7-13-8-6-10/h5-8H,3-4,9H2,1-2H3,(H2,12,14). The summed E-state index contributed by atoms with van der Waals surface area (Å²) in [6, 6.07) is 3.98. The first-order chi connectivity index (χ1) is 7.27. The molecule has 0 radical (unpaired) electrons. The van der Waals surface area contributed by atoms with Crippen LogP contribution in [0.15, 0.2) is 29.5 Å². The molecule has 0 amide bonds. The Morgan fingerprint density at radius 3 is 2.60 bits per heavy atom. The molecule has 15 heavy (non-hydrogen) atoms. The highest BCUT2D eigenvalue weighted by Crippen LogP contribution is 2.02. The Balaban J connectivity index is 2.66. The topological polar surface area (TPSA) is 54.5 Å². The minimum absolute atomic E-state index is 0.608. The molecule has 0 spiro atoms. The average molecular weight is 206 g/mol. The third-order valence-corrected chi connectivity index (χ3v) is 2.15. The maximum Gasteiger partial charge on any atom is 0.191 e. The number of guanidine groups is 1. The molecule has 0 unspecified atom stereocenters. The molecule has 0 aliphatic carbocycles. The van der Waals surface area contributed by atoms with Gasteiger partial charge in [-0.2, -0.15) is 0 Å². The predicted molar refractivity (Wildman–Crippen MR) is 62.5 cm³/mol. The number of rotatable bonds is 4. The van der Waals surface area contributed by atoms with Crippen LogP contribution in [0.4, 0.5) is 0 Å². The quantitative estimate of drug-likeness (QED) is 0.595. The number of hydrogen-bond donors (Lipinski definition) is 1. The lowest BCUT2D eigenvalue weighted by Crippen LogP contribution is -2.36. The normalized spacial score (nSPS) is 11.5. The van der Waals surface area contributed by atoms with Gasteiger partial charge in [-0.1, -0.05) is 0 Å². The van der Waals surface area contributed by atoms with Crippen molar-refractivity contribution in [2.45, 2.75) is 20.4 Å². The first kappa shape index (κ1) is 11.5. The van der Waals surface area contributed by atoms with E-state index in [1.165, 1.54) is 5.56 Å². The summed E-state index contributed by atoms with van der Waals surface area (Å²) in [4.78, 5) is 10.2. The minimum Gasteiger partial charge on any atom is -0.370 e. The van der Waals surface area contributed by atoms with Crippen LogP contribution in [-0.4, -0.2) is 28.9 Å². The van der Waals surface area contributed by atoms with Gasteiger partial charge < -0.3 is 10.6 Å². The van der Waals surface area contributed by atoms with Gasteiger partial charge in [0.1, 0.15) is 0 Å². The Bertz CT molecular complexity index is 308. The third-order valence-electron chi connectivity index (χ3n) is 2.15. The van der Waals surface area contributed by atoms with Crippen LogP contribution >= 0.6 is 0 Å². The van der Waals surface area contributed by atoms with Crippen LogP contribution in [0.2, 0.25) is 0 Å². The van der Waals surface area contributed by atoms with E-state index in [9.17, 15) is 0 Å². The van der Waals surface area contributed by atoms with E-state index in [0.29, 0.717) is 5.96 Å². The van der Waals surface area contributed by atoms with Gasteiger partial charge in [-0.15, -0.1) is 0 Å². The maximum absolute atomic E-state index is 5.85. The third kappa shape index (κ3) is 3.58. The smallest absolute Gasteiger partial charge is 0.191 e. The Hall–Kier alpha value is -1.58. The van der Waals surface area contributed by atoms with E-state index in [1.54, 1.807) is 12.4 Å². The lowest BCUT2D eigenvalue weighted by atomic mass is 10.2. The van der Waals surface area contributed by atoms with Gasteiger partial charge in [0.15, 0.2) is 5.96 Å². The molecule has 0 aromatic carbocycles. The molecule has 0 saturated carbocycles. The Labute approximate surface area is 90.8 Å². The molecular weight excluding hydrogens is 188 g/mol. The fraction of sp³-hybridized carbons (Fsp3) is 0.455. The number of hydrogen-bond acceptors (Lipinski definition) is 2. The molecule has 4 nitrogen and oxygen atoms in total. The Morgan fingerprint density at radius 1 is 1.40 bits per heavy atom. The van der Waals surface area contributed by atoms with Crippen molar-refractivity contribution >= 4 is 5.96 Å². The van der Waals surface area contributed by atoms with Gasteiger partial charge in [-0.25, -0.2) is 0 Å². The van der Waals surface area contributed by atoms with E-state index in [0.717, 1.165) is 19.6 Å². The SMILES string of the molecule is CCN=C(N)N(CC)Cc1ccncc1. The van der Waals surface area contributed by atoms with Crippen LogP contribution in [0.1, 0.15) is 19.4 Å². The molecule has 0 saturated heterocycles. The number of nitrogens with two attached hydrogens (primary N) is 1. The Morgan fingerprint density at radius 2 is 2.07 bits per heavy atom. The molecule has 0 aliphatic heterocycles. The van der Waals surface area contributed by atoms with E-state index >= 15 is 0 Å². The second kappa shape index (κ2) is 6.01. The zero-order chi connectivity index (χ0) is 11.1. The molecule has 4 heteroatoms. The molecule has 0 fully saturated rings. The van der Waals surface area contributed by atoms with Crippen molar-refractivity contribution in [3.05, 3.63) is 30.1 Å². The van der Waals surface area contributed by atoms with E-state index in [-0.39, 0.29) is 0 Å². The molecule has 2 N–H and O–H groups in total. The van der Waals surface area contributed by atoms with E-state index in [2.05, 4.69) is 16.9 Å². The number of nitrogens with zero attached hydrogens (tertiary/aromatic N) is 3. The van der Waals surface area contributed by atoms with Crippen molar-refractivity contribution in [1.29, 1.82) is 0 Å². The van der Waals surface area contributed by atoms with Crippen LogP contribution in [0.5, 0.6) is 0 Å². The maximum atomic E-state index is 5.85. The fourth-order valence-corrected chi connectivity index (χ4v) is 1.33. The minimum atomic E-state index is 0.608. The largest absolute Gasteiger partial charge is 0.370 e. The molecule has 0 bridgehead atoms. The Kier molecular flexibility index (Phi) is 4.60. The summed E-state index contributed by atoms with van der Waals surface area (Å²) in [5.41, 5.74) is 7.04. The molecule has 82 valence electrons. The van der Waals surface area contributed by atoms with Gasteiger partial charge in [0, 0.05) is 32.0 Å². The molecule has 0 atom stereocenters. The van der Waals surface area contributed by atoms with Crippen molar-refractivity contribution in [3.8, 4) is 0 Å². The van der Waals surface area contributed by atoms with Crippen LogP contribution in [0, 0.1) is 0 Å². The highest BCUT2D eigenvalue weighted by Gasteiger charge is 2.05. The second-order valence-electron chi connectivity index (χ2n) is 3.20. The lowest BCUT2D eigenvalue weighted by Gasteiger charge is -2.21. The highest BCUT2D eigenvalue weighted by atomic mass is 15.2. The first-order valence-electron chi connectivity index (χ1n) is 5.21. The van der Waals surface area contributed by atoms with Crippen molar-refractivity contribution in [1.82, 2.24) is 9.88 Å². The summed E-state index contributed by atoms with van der Waals surface area (Å²) in [5.74, 6) is 0.608. The van der Waals surface area contributed by atoms with Crippen molar-refractivity contribution < 1.29 is 0 Å². The molecule has 1 aromatic heterocycles. The van der Waals surface area contributed by atoms with Gasteiger partial charge in [0.2, 0.25) is 0 Å². The van der Waals surface area contributed by atoms with E-state index in [1.807, 2.05) is 24.0 Å². The first-order valence-corrected chi connectivity index (χ1v) is 5.21. The van der Waals surface area contributed by atoms with E-state index in [4.69, 9.17) is 5.73 Å². The summed E-state index contributed by atoms with van der Waals surface area (Å²) in [6.45, 7) is 6.41. The molecule has 1 aromatic rings. The molecule has 1 heterocycles. The van der Waals surface area contributed by atoms with E-state index < -0.39 is 0 Å². The second-order valence-corrected chi connectivity index (χ2v) is 3.20. The zero-order valence-corrected chi connectivity index (χ0v) is 9.35. The fourth-order valence-electron chi connectivity index (χ4n) is 1.33. The summed E-state index contributed by atoms with van der Waals surface area (Å²) >= 11 is 0. The number of aromatic nitrogens is 1. The number of aliphatic imine (C=N–C) groups is 1. The van der Waals surface area contributed by atoms with Gasteiger partial charge in [0.05, 0.1) is 0 Å². The van der Waals surface area contributed by atoms with Crippen molar-refractivity contribution in [2.75, 3.05) is 13.1 Å². The van der Waals surface area contributed by atoms with Crippen LogP contribution in [0.25, 0.3) is 0 Å². The van der Waals surface area contributed by atoms with Crippen LogP contribution in [-0.2, 0) is 6.54 Å². The van der Waals surface area contributed by atoms with Gasteiger partial charge >= 0.3 is 0 Å². The summed E-state index contributed by atoms with van der Waals surface area (Å²) < 4.78 is 0. The number of pyridine rings is 1. The molecule has 0 aliphatic rings. The highest BCUT2D eigenvalue weighted by molar-refractivity contribution is 5.78. The van der Waals surface area contributed by atoms with Crippen LogP contribution in [0.3, 0.4) is 0 Å². The predicted octanol–water partition coefficient (Wildman–Crippen LogP) is 1.24. The lowest BCUT2D eigenvalue weighted by molar-refractivity contribution is 0.428. The average Bonchev–Trinajstić information content (AvgIpc) is 2.27. The van der Waals surface area contributed by atoms with Crippen LogP contribution < -0.4 is 5.73 Å². The molecular formula is C11H18N4. The van der Waals surface area contributed by atoms with Crippen molar-refractivity contribution in [2.24, 2.45) is 10.7 Å². The zero-order valence-electron chi connectivity index (χ0n) is 9.35. The van der Waals surface area contributed by atoms with Crippen molar-refractivity contribution in [3.63, 3.8) is 0 Å². The summed E-state index contributed by atoms with van der Waals surface area (Å²) in [5, 5.41) is 0. The molecule has 1 rings (SSSR count). The van der Waals surface area contributed by atoms with Gasteiger partial charge in [-0.3, -0.25) is 9.98 Å². The summed E-state index contributed by atoms with van der Waals surface area (Å²) in [7, 11) is 0. The monoisotopic (exact) mass is 206 g/mol. The van der Waals surface area contributed by atoms with Gasteiger partial charge in [-0.05, 0) is 31.5 Å². The van der Waals surface area contributed by atoms with Gasteiger partial charge in [0.25, 0.3) is 0 Å².